The van der Waals surface area contributed by atoms with Crippen molar-refractivity contribution in [2.75, 3.05) is 13.7 Å². The van der Waals surface area contributed by atoms with Crippen LogP contribution in [-0.4, -0.2) is 25.5 Å². The molecular weight excluding hydrogens is 262 g/mol. The van der Waals surface area contributed by atoms with E-state index >= 15 is 0 Å². The average Bonchev–Trinajstić information content (AvgIpc) is 2.90. The highest BCUT2D eigenvalue weighted by Crippen LogP contribution is 2.23. The molecule has 1 N–H and O–H groups in total. The summed E-state index contributed by atoms with van der Waals surface area (Å²) in [6, 6.07) is 5.89. The Morgan fingerprint density at radius 3 is 2.84 bits per heavy atom. The fraction of sp³-hybridized carbons (Fsp3) is 0.533. The van der Waals surface area contributed by atoms with Gasteiger partial charge >= 0.3 is 0 Å². The summed E-state index contributed by atoms with van der Waals surface area (Å²) >= 11 is 5.96. The predicted molar refractivity (Wildman–Crippen MR) is 77.0 cm³/mol. The fourth-order valence-electron chi connectivity index (χ4n) is 2.55. The summed E-state index contributed by atoms with van der Waals surface area (Å²) in [5.41, 5.74) is 0.855. The van der Waals surface area contributed by atoms with Crippen LogP contribution in [0.15, 0.2) is 18.2 Å². The quantitative estimate of drug-likeness (QED) is 0.871. The van der Waals surface area contributed by atoms with E-state index in [-0.39, 0.29) is 5.78 Å². The third-order valence-corrected chi connectivity index (χ3v) is 3.81. The zero-order valence-electron chi connectivity index (χ0n) is 11.2. The van der Waals surface area contributed by atoms with Crippen molar-refractivity contribution in [3.63, 3.8) is 0 Å². The Morgan fingerprint density at radius 2 is 2.16 bits per heavy atom. The SMILES string of the molecule is COc1ccc(Cl)cc1CC(=O)CNC1CCCC1. The van der Waals surface area contributed by atoms with Gasteiger partial charge in [0.2, 0.25) is 0 Å². The Kier molecular flexibility index (Phi) is 5.23. The molecule has 19 heavy (non-hydrogen) atoms. The Hall–Kier alpha value is -1.06. The lowest BCUT2D eigenvalue weighted by molar-refractivity contribution is -0.117. The summed E-state index contributed by atoms with van der Waals surface area (Å²) in [6.45, 7) is 0.431. The van der Waals surface area contributed by atoms with Crippen LogP contribution >= 0.6 is 11.6 Å². The number of Topliss-reactive ketones (excluding diaryl/α,β-unsaturated/α-hetero) is 1. The van der Waals surface area contributed by atoms with Gasteiger partial charge in [-0.25, -0.2) is 0 Å². The van der Waals surface area contributed by atoms with Crippen molar-refractivity contribution in [3.8, 4) is 5.75 Å². The minimum atomic E-state index is 0.174. The first-order valence-electron chi connectivity index (χ1n) is 6.76. The molecule has 0 spiro atoms. The van der Waals surface area contributed by atoms with E-state index in [2.05, 4.69) is 5.32 Å². The number of ether oxygens (including phenoxy) is 1. The lowest BCUT2D eigenvalue weighted by Crippen LogP contribution is -2.32. The first kappa shape index (κ1) is 14.4. The number of carbonyl (C=O) groups excluding carboxylic acids is 1. The van der Waals surface area contributed by atoms with Gasteiger partial charge in [-0.1, -0.05) is 24.4 Å². The number of hydrogen-bond acceptors (Lipinski definition) is 3. The standard InChI is InChI=1S/C15H20ClNO2/c1-19-15-7-6-12(16)8-11(15)9-14(18)10-17-13-4-2-3-5-13/h6-8,13,17H,2-5,9-10H2,1H3. The molecule has 3 nitrogen and oxygen atoms in total. The molecule has 0 unspecified atom stereocenters. The van der Waals surface area contributed by atoms with Gasteiger partial charge in [0.05, 0.1) is 13.7 Å². The average molecular weight is 282 g/mol. The molecule has 0 radical (unpaired) electrons. The third-order valence-electron chi connectivity index (χ3n) is 3.57. The molecule has 1 fully saturated rings. The maximum absolute atomic E-state index is 12.0. The molecule has 0 bridgehead atoms. The Balaban J connectivity index is 1.88. The Morgan fingerprint density at radius 1 is 1.42 bits per heavy atom. The molecule has 4 heteroatoms. The molecule has 0 heterocycles. The van der Waals surface area contributed by atoms with E-state index in [1.165, 1.54) is 25.7 Å². The van der Waals surface area contributed by atoms with Crippen LogP contribution in [0.5, 0.6) is 5.75 Å². The van der Waals surface area contributed by atoms with Crippen LogP contribution in [0.1, 0.15) is 31.2 Å². The van der Waals surface area contributed by atoms with Crippen molar-refractivity contribution in [3.05, 3.63) is 28.8 Å². The van der Waals surface area contributed by atoms with E-state index in [9.17, 15) is 4.79 Å². The van der Waals surface area contributed by atoms with Crippen LogP contribution in [0, 0.1) is 0 Å². The number of benzene rings is 1. The number of carbonyl (C=O) groups is 1. The van der Waals surface area contributed by atoms with Crippen LogP contribution < -0.4 is 10.1 Å². The molecule has 0 atom stereocenters. The van der Waals surface area contributed by atoms with Crippen molar-refractivity contribution in [2.24, 2.45) is 0 Å². The van der Waals surface area contributed by atoms with Gasteiger partial charge < -0.3 is 10.1 Å². The number of rotatable bonds is 6. The summed E-state index contributed by atoms with van der Waals surface area (Å²) in [4.78, 5) is 12.0. The van der Waals surface area contributed by atoms with Crippen LogP contribution in [0.3, 0.4) is 0 Å². The summed E-state index contributed by atoms with van der Waals surface area (Å²) < 4.78 is 5.25. The molecule has 1 saturated carbocycles. The predicted octanol–water partition coefficient (Wildman–Crippen LogP) is 2.99. The second kappa shape index (κ2) is 6.92. The van der Waals surface area contributed by atoms with E-state index in [0.717, 1.165) is 11.3 Å². The highest BCUT2D eigenvalue weighted by molar-refractivity contribution is 6.30. The van der Waals surface area contributed by atoms with E-state index in [1.807, 2.05) is 0 Å². The van der Waals surface area contributed by atoms with Gasteiger partial charge in [-0.15, -0.1) is 0 Å². The topological polar surface area (TPSA) is 38.3 Å². The molecule has 0 aliphatic heterocycles. The van der Waals surface area contributed by atoms with E-state index in [1.54, 1.807) is 25.3 Å². The molecule has 1 aromatic carbocycles. The molecular formula is C15H20ClNO2. The maximum Gasteiger partial charge on any atom is 0.151 e. The van der Waals surface area contributed by atoms with Gasteiger partial charge in [0.15, 0.2) is 5.78 Å². The smallest absolute Gasteiger partial charge is 0.151 e. The number of ketones is 1. The second-order valence-corrected chi connectivity index (χ2v) is 5.47. The molecule has 2 rings (SSSR count). The lowest BCUT2D eigenvalue weighted by Gasteiger charge is -2.12. The fourth-order valence-corrected chi connectivity index (χ4v) is 2.74. The summed E-state index contributed by atoms with van der Waals surface area (Å²) in [5.74, 6) is 0.895. The summed E-state index contributed by atoms with van der Waals surface area (Å²) in [7, 11) is 1.61. The van der Waals surface area contributed by atoms with Gasteiger partial charge in [0, 0.05) is 23.0 Å². The first-order valence-corrected chi connectivity index (χ1v) is 7.14. The molecule has 1 aliphatic carbocycles. The van der Waals surface area contributed by atoms with Crippen LogP contribution in [0.2, 0.25) is 5.02 Å². The van der Waals surface area contributed by atoms with Crippen molar-refractivity contribution in [1.29, 1.82) is 0 Å². The minimum Gasteiger partial charge on any atom is -0.496 e. The summed E-state index contributed by atoms with van der Waals surface area (Å²) in [5, 5.41) is 3.96. The number of methoxy groups -OCH3 is 1. The van der Waals surface area contributed by atoms with E-state index in [0.29, 0.717) is 24.0 Å². The van der Waals surface area contributed by atoms with Gasteiger partial charge in [-0.05, 0) is 31.0 Å². The second-order valence-electron chi connectivity index (χ2n) is 5.03. The van der Waals surface area contributed by atoms with Crippen LogP contribution in [0.25, 0.3) is 0 Å². The highest BCUT2D eigenvalue weighted by atomic mass is 35.5. The van der Waals surface area contributed by atoms with Gasteiger partial charge in [-0.3, -0.25) is 4.79 Å². The van der Waals surface area contributed by atoms with Crippen molar-refractivity contribution < 1.29 is 9.53 Å². The largest absolute Gasteiger partial charge is 0.496 e. The van der Waals surface area contributed by atoms with Crippen molar-refractivity contribution in [1.82, 2.24) is 5.32 Å². The molecule has 1 aliphatic rings. The number of nitrogens with one attached hydrogen (secondary N) is 1. The lowest BCUT2D eigenvalue weighted by atomic mass is 10.1. The van der Waals surface area contributed by atoms with Crippen LogP contribution in [0.4, 0.5) is 0 Å². The van der Waals surface area contributed by atoms with Gasteiger partial charge in [0.1, 0.15) is 5.75 Å². The highest BCUT2D eigenvalue weighted by Gasteiger charge is 2.16. The zero-order valence-corrected chi connectivity index (χ0v) is 12.0. The molecule has 0 saturated heterocycles. The van der Waals surface area contributed by atoms with Gasteiger partial charge in [0.25, 0.3) is 0 Å². The van der Waals surface area contributed by atoms with E-state index in [4.69, 9.17) is 16.3 Å². The molecule has 104 valence electrons. The van der Waals surface area contributed by atoms with Gasteiger partial charge in [-0.2, -0.15) is 0 Å². The molecule has 0 amide bonds. The number of halogens is 1. The molecule has 1 aromatic rings. The minimum absolute atomic E-state index is 0.174. The summed E-state index contributed by atoms with van der Waals surface area (Å²) in [6.07, 6.45) is 5.28. The Labute approximate surface area is 119 Å². The maximum atomic E-state index is 12.0. The molecule has 0 aromatic heterocycles. The zero-order chi connectivity index (χ0) is 13.7. The van der Waals surface area contributed by atoms with Crippen LogP contribution in [-0.2, 0) is 11.2 Å². The Bertz CT molecular complexity index is 442. The van der Waals surface area contributed by atoms with Crippen molar-refractivity contribution in [2.45, 2.75) is 38.1 Å². The first-order chi connectivity index (χ1) is 9.19. The van der Waals surface area contributed by atoms with Crippen molar-refractivity contribution >= 4 is 17.4 Å². The normalized spacial score (nSPS) is 15.7. The van der Waals surface area contributed by atoms with E-state index < -0.39 is 0 Å². The number of hydrogen-bond donors (Lipinski definition) is 1. The monoisotopic (exact) mass is 281 g/mol. The third kappa shape index (κ3) is 4.22.